The zero-order chi connectivity index (χ0) is 24.0. The van der Waals surface area contributed by atoms with Crippen molar-refractivity contribution >= 4 is 23.4 Å². The molecule has 1 N–H and O–H groups in total. The molecule has 0 aliphatic heterocycles. The maximum Gasteiger partial charge on any atom is 0.573 e. The fourth-order valence-corrected chi connectivity index (χ4v) is 3.22. The first-order chi connectivity index (χ1) is 15.7. The lowest BCUT2D eigenvalue weighted by molar-refractivity contribution is -0.274. The lowest BCUT2D eigenvalue weighted by atomic mass is 10.2. The maximum absolute atomic E-state index is 12.2. The normalized spacial score (nSPS) is 11.1. The molecule has 176 valence electrons. The number of thioether (sulfide) groups is 1. The number of alkyl halides is 3. The van der Waals surface area contributed by atoms with E-state index in [1.165, 1.54) is 33.5 Å². The monoisotopic (exact) mass is 485 g/mol. The van der Waals surface area contributed by atoms with Crippen molar-refractivity contribution in [1.82, 2.24) is 10.2 Å². The fourth-order valence-electron chi connectivity index (χ4n) is 2.65. The van der Waals surface area contributed by atoms with Gasteiger partial charge < -0.3 is 28.7 Å². The van der Waals surface area contributed by atoms with Gasteiger partial charge in [0, 0.05) is 11.3 Å². The number of benzene rings is 2. The minimum Gasteiger partial charge on any atom is -0.493 e. The predicted octanol–water partition coefficient (Wildman–Crippen LogP) is 4.39. The number of amides is 1. The molecule has 1 aromatic heterocycles. The fraction of sp³-hybridized carbons (Fsp3) is 0.250. The molecule has 1 amide bonds. The van der Waals surface area contributed by atoms with Crippen molar-refractivity contribution in [3.63, 3.8) is 0 Å². The lowest BCUT2D eigenvalue weighted by Crippen LogP contribution is -2.17. The summed E-state index contributed by atoms with van der Waals surface area (Å²) >= 11 is 0.989. The van der Waals surface area contributed by atoms with Crippen LogP contribution >= 0.6 is 11.8 Å². The highest BCUT2D eigenvalue weighted by Gasteiger charge is 2.31. The van der Waals surface area contributed by atoms with E-state index in [0.29, 0.717) is 28.5 Å². The van der Waals surface area contributed by atoms with E-state index < -0.39 is 12.3 Å². The number of carbonyl (C=O) groups is 1. The number of nitrogens with one attached hydrogen (secondary N) is 1. The SMILES string of the molecule is COc1cc(-c2nnc(SCC(=O)Nc3ccc(OC(F)(F)F)cc3)o2)cc(OC)c1OC. The second kappa shape index (κ2) is 10.3. The molecule has 0 bridgehead atoms. The van der Waals surface area contributed by atoms with Gasteiger partial charge in [0.15, 0.2) is 11.5 Å². The summed E-state index contributed by atoms with van der Waals surface area (Å²) in [4.78, 5) is 12.1. The molecule has 0 spiro atoms. The number of nitrogens with zero attached hydrogens (tertiary/aromatic N) is 2. The first-order valence-corrected chi connectivity index (χ1v) is 10.1. The lowest BCUT2D eigenvalue weighted by Gasteiger charge is -2.12. The van der Waals surface area contributed by atoms with Gasteiger partial charge in [0.25, 0.3) is 5.22 Å². The summed E-state index contributed by atoms with van der Waals surface area (Å²) in [6, 6.07) is 8.05. The zero-order valence-electron chi connectivity index (χ0n) is 17.6. The Morgan fingerprint density at radius 1 is 1.03 bits per heavy atom. The molecule has 0 unspecified atom stereocenters. The Hall–Kier alpha value is -3.61. The third-order valence-electron chi connectivity index (χ3n) is 4.02. The van der Waals surface area contributed by atoms with Gasteiger partial charge >= 0.3 is 6.36 Å². The van der Waals surface area contributed by atoms with Gasteiger partial charge in [-0.05, 0) is 36.4 Å². The molecule has 9 nitrogen and oxygen atoms in total. The Morgan fingerprint density at radius 2 is 1.67 bits per heavy atom. The molecule has 3 aromatic rings. The van der Waals surface area contributed by atoms with Crippen molar-refractivity contribution in [2.45, 2.75) is 11.6 Å². The molecule has 0 fully saturated rings. The summed E-state index contributed by atoms with van der Waals surface area (Å²) in [5, 5.41) is 10.6. The third kappa shape index (κ3) is 6.44. The van der Waals surface area contributed by atoms with Crippen LogP contribution in [0.2, 0.25) is 0 Å². The largest absolute Gasteiger partial charge is 0.573 e. The smallest absolute Gasteiger partial charge is 0.493 e. The Kier molecular flexibility index (Phi) is 7.53. The molecular formula is C20H18F3N3O6S. The average molecular weight is 485 g/mol. The van der Waals surface area contributed by atoms with E-state index in [2.05, 4.69) is 20.3 Å². The van der Waals surface area contributed by atoms with Crippen molar-refractivity contribution in [3.05, 3.63) is 36.4 Å². The molecule has 0 saturated heterocycles. The Balaban J connectivity index is 1.60. The van der Waals surface area contributed by atoms with Crippen LogP contribution in [0.1, 0.15) is 0 Å². The van der Waals surface area contributed by atoms with Crippen molar-refractivity contribution in [2.75, 3.05) is 32.4 Å². The number of halogens is 3. The molecule has 3 rings (SSSR count). The molecule has 2 aromatic carbocycles. The Bertz CT molecular complexity index is 1080. The first kappa shape index (κ1) is 24.0. The number of hydrogen-bond donors (Lipinski definition) is 1. The van der Waals surface area contributed by atoms with E-state index in [4.69, 9.17) is 18.6 Å². The number of aromatic nitrogens is 2. The van der Waals surface area contributed by atoms with Crippen molar-refractivity contribution in [3.8, 4) is 34.5 Å². The highest BCUT2D eigenvalue weighted by molar-refractivity contribution is 7.99. The molecule has 0 saturated carbocycles. The molecule has 33 heavy (non-hydrogen) atoms. The van der Waals surface area contributed by atoms with E-state index >= 15 is 0 Å². The Morgan fingerprint density at radius 3 is 2.21 bits per heavy atom. The van der Waals surface area contributed by atoms with Crippen LogP contribution < -0.4 is 24.3 Å². The van der Waals surface area contributed by atoms with Gasteiger partial charge in [-0.1, -0.05) is 11.8 Å². The summed E-state index contributed by atoms with van der Waals surface area (Å²) in [5.41, 5.74) is 0.827. The van der Waals surface area contributed by atoms with E-state index in [9.17, 15) is 18.0 Å². The summed E-state index contributed by atoms with van der Waals surface area (Å²) in [6.45, 7) is 0. The average Bonchev–Trinajstić information content (AvgIpc) is 3.26. The summed E-state index contributed by atoms with van der Waals surface area (Å²) in [6.07, 6.45) is -4.79. The van der Waals surface area contributed by atoms with Gasteiger partial charge in [-0.2, -0.15) is 0 Å². The first-order valence-electron chi connectivity index (χ1n) is 9.14. The molecule has 0 radical (unpaired) electrons. The van der Waals surface area contributed by atoms with Crippen LogP contribution in [-0.2, 0) is 4.79 Å². The predicted molar refractivity (Wildman–Crippen MR) is 112 cm³/mol. The quantitative estimate of drug-likeness (QED) is 0.442. The highest BCUT2D eigenvalue weighted by Crippen LogP contribution is 2.41. The molecule has 13 heteroatoms. The van der Waals surface area contributed by atoms with Gasteiger partial charge in [-0.15, -0.1) is 23.4 Å². The number of methoxy groups -OCH3 is 3. The van der Waals surface area contributed by atoms with Gasteiger partial charge in [-0.25, -0.2) is 0 Å². The second-order valence-corrected chi connectivity index (χ2v) is 7.12. The number of hydrogen-bond acceptors (Lipinski definition) is 9. The van der Waals surface area contributed by atoms with Crippen molar-refractivity contribution in [1.29, 1.82) is 0 Å². The van der Waals surface area contributed by atoms with Crippen LogP contribution in [0.15, 0.2) is 46.0 Å². The Labute approximate surface area is 190 Å². The van der Waals surface area contributed by atoms with E-state index in [1.807, 2.05) is 0 Å². The van der Waals surface area contributed by atoms with Crippen molar-refractivity contribution < 1.29 is 41.3 Å². The molecule has 1 heterocycles. The molecular weight excluding hydrogens is 467 g/mol. The topological polar surface area (TPSA) is 105 Å². The van der Waals surface area contributed by atoms with E-state index in [0.717, 1.165) is 23.9 Å². The second-order valence-electron chi connectivity index (χ2n) is 6.20. The minimum absolute atomic E-state index is 0.0717. The van der Waals surface area contributed by atoms with Crippen LogP contribution in [0.3, 0.4) is 0 Å². The van der Waals surface area contributed by atoms with Gasteiger partial charge in [0.05, 0.1) is 27.1 Å². The maximum atomic E-state index is 12.2. The zero-order valence-corrected chi connectivity index (χ0v) is 18.4. The van der Waals surface area contributed by atoms with Gasteiger partial charge in [0.1, 0.15) is 5.75 Å². The summed E-state index contributed by atoms with van der Waals surface area (Å²) in [5.74, 6) is 0.523. The van der Waals surface area contributed by atoms with Crippen molar-refractivity contribution in [2.24, 2.45) is 0 Å². The van der Waals surface area contributed by atoms with Gasteiger partial charge in [0.2, 0.25) is 17.5 Å². The van der Waals surface area contributed by atoms with E-state index in [-0.39, 0.29) is 22.6 Å². The van der Waals surface area contributed by atoms with E-state index in [1.54, 1.807) is 12.1 Å². The third-order valence-corrected chi connectivity index (χ3v) is 4.83. The minimum atomic E-state index is -4.79. The number of carbonyl (C=O) groups excluding carboxylic acids is 1. The summed E-state index contributed by atoms with van der Waals surface area (Å²) in [7, 11) is 4.44. The van der Waals surface area contributed by atoms with Gasteiger partial charge in [-0.3, -0.25) is 4.79 Å². The van der Waals surface area contributed by atoms with Crippen LogP contribution in [0.4, 0.5) is 18.9 Å². The number of rotatable bonds is 9. The number of anilines is 1. The van der Waals surface area contributed by atoms with Crippen LogP contribution in [0.25, 0.3) is 11.5 Å². The highest BCUT2D eigenvalue weighted by atomic mass is 32.2. The molecule has 0 atom stereocenters. The molecule has 0 aliphatic rings. The van der Waals surface area contributed by atoms with Crippen LogP contribution in [0.5, 0.6) is 23.0 Å². The van der Waals surface area contributed by atoms with Crippen LogP contribution in [-0.4, -0.2) is 49.5 Å². The molecule has 0 aliphatic carbocycles. The summed E-state index contributed by atoms with van der Waals surface area (Å²) < 4.78 is 61.8. The van der Waals surface area contributed by atoms with Crippen LogP contribution in [0, 0.1) is 0 Å². The standard InChI is InChI=1S/C20H18F3N3O6S/c1-28-14-8-11(9-15(29-2)17(14)30-3)18-25-26-19(31-18)33-10-16(27)24-12-4-6-13(7-5-12)32-20(21,22)23/h4-9H,10H2,1-3H3,(H,24,27). The number of ether oxygens (including phenoxy) is 4.